The Kier molecular flexibility index (Phi) is 4.92. The predicted molar refractivity (Wildman–Crippen MR) is 56.8 cm³/mol. The molecule has 0 aromatic heterocycles. The van der Waals surface area contributed by atoms with E-state index in [9.17, 15) is 4.79 Å². The summed E-state index contributed by atoms with van der Waals surface area (Å²) in [5.41, 5.74) is 0.166. The van der Waals surface area contributed by atoms with E-state index in [-0.39, 0.29) is 11.3 Å². The first-order chi connectivity index (χ1) is 5.88. The van der Waals surface area contributed by atoms with Crippen LogP contribution in [0, 0.1) is 0 Å². The third-order valence-corrected chi connectivity index (χ3v) is 2.18. The molecular formula is C11H21NO. The maximum absolute atomic E-state index is 10.9. The first-order valence-electron chi connectivity index (χ1n) is 4.78. The zero-order valence-electron chi connectivity index (χ0n) is 9.42. The molecule has 0 radical (unpaired) electrons. The molecule has 0 aromatic carbocycles. The van der Waals surface area contributed by atoms with Gasteiger partial charge in [-0.25, -0.2) is 0 Å². The summed E-state index contributed by atoms with van der Waals surface area (Å²) >= 11 is 0. The molecule has 0 bridgehead atoms. The smallest absolute Gasteiger partial charge is 0.155 e. The number of ketones is 1. The molecule has 0 unspecified atom stereocenters. The van der Waals surface area contributed by atoms with E-state index in [1.807, 2.05) is 13.0 Å². The molecule has 0 fully saturated rings. The van der Waals surface area contributed by atoms with E-state index in [1.54, 1.807) is 6.08 Å². The van der Waals surface area contributed by atoms with Gasteiger partial charge in [0.15, 0.2) is 5.78 Å². The lowest BCUT2D eigenvalue weighted by Gasteiger charge is -2.30. The van der Waals surface area contributed by atoms with Crippen LogP contribution >= 0.6 is 0 Å². The Balaban J connectivity index is 3.89. The number of carbonyl (C=O) groups excluding carboxylic acids is 1. The van der Waals surface area contributed by atoms with Gasteiger partial charge in [-0.05, 0) is 33.9 Å². The first-order valence-corrected chi connectivity index (χ1v) is 4.78. The van der Waals surface area contributed by atoms with Crippen molar-refractivity contribution in [1.29, 1.82) is 0 Å². The van der Waals surface area contributed by atoms with Gasteiger partial charge in [-0.2, -0.15) is 0 Å². The molecule has 0 aliphatic heterocycles. The number of nitrogens with zero attached hydrogens (tertiary/aromatic N) is 1. The Labute approximate surface area is 81.6 Å². The van der Waals surface area contributed by atoms with Crippen LogP contribution in [0.25, 0.3) is 0 Å². The normalized spacial score (nSPS) is 12.8. The second kappa shape index (κ2) is 5.18. The number of rotatable bonds is 4. The van der Waals surface area contributed by atoms with Crippen LogP contribution in [0.5, 0.6) is 0 Å². The molecule has 0 aromatic rings. The highest BCUT2D eigenvalue weighted by molar-refractivity contribution is 5.89. The number of hydrogen-bond donors (Lipinski definition) is 0. The number of hydrogen-bond acceptors (Lipinski definition) is 2. The van der Waals surface area contributed by atoms with Crippen molar-refractivity contribution in [3.8, 4) is 0 Å². The van der Waals surface area contributed by atoms with Gasteiger partial charge in [0.2, 0.25) is 0 Å². The lowest BCUT2D eigenvalue weighted by Crippen LogP contribution is -2.38. The van der Waals surface area contributed by atoms with Gasteiger partial charge in [0.25, 0.3) is 0 Å². The summed E-state index contributed by atoms with van der Waals surface area (Å²) < 4.78 is 0. The average molecular weight is 183 g/mol. The van der Waals surface area contributed by atoms with Gasteiger partial charge in [-0.1, -0.05) is 13.0 Å². The molecule has 2 heteroatoms. The molecule has 0 spiro atoms. The SMILES string of the molecule is CCC(=O)/C=C/CN(C)C(C)(C)C. The maximum Gasteiger partial charge on any atom is 0.155 e. The molecule has 0 rings (SSSR count). The Morgan fingerprint density at radius 1 is 1.38 bits per heavy atom. The maximum atomic E-state index is 10.9. The lowest BCUT2D eigenvalue weighted by molar-refractivity contribution is -0.114. The van der Waals surface area contributed by atoms with Gasteiger partial charge in [0, 0.05) is 18.5 Å². The second-order valence-electron chi connectivity index (χ2n) is 4.27. The molecule has 0 aliphatic rings. The summed E-state index contributed by atoms with van der Waals surface area (Å²) in [6, 6.07) is 0. The number of likely N-dealkylation sites (N-methyl/N-ethyl adjacent to an activating group) is 1. The average Bonchev–Trinajstić information content (AvgIpc) is 2.02. The fraction of sp³-hybridized carbons (Fsp3) is 0.727. The minimum absolute atomic E-state index is 0.166. The van der Waals surface area contributed by atoms with Crippen molar-refractivity contribution >= 4 is 5.78 Å². The van der Waals surface area contributed by atoms with Crippen LogP contribution in [0.1, 0.15) is 34.1 Å². The highest BCUT2D eigenvalue weighted by Gasteiger charge is 2.14. The summed E-state index contributed by atoms with van der Waals surface area (Å²) in [4.78, 5) is 13.1. The van der Waals surface area contributed by atoms with E-state index < -0.39 is 0 Å². The predicted octanol–water partition coefficient (Wildman–Crippen LogP) is 2.25. The summed E-state index contributed by atoms with van der Waals surface area (Å²) in [6.45, 7) is 9.17. The molecule has 0 atom stereocenters. The van der Waals surface area contributed by atoms with Crippen molar-refractivity contribution in [3.05, 3.63) is 12.2 Å². The summed E-state index contributed by atoms with van der Waals surface area (Å²) in [6.07, 6.45) is 4.19. The van der Waals surface area contributed by atoms with E-state index in [0.717, 1.165) is 6.54 Å². The van der Waals surface area contributed by atoms with Gasteiger partial charge < -0.3 is 0 Å². The van der Waals surface area contributed by atoms with Gasteiger partial charge in [-0.3, -0.25) is 9.69 Å². The Morgan fingerprint density at radius 3 is 2.31 bits per heavy atom. The van der Waals surface area contributed by atoms with Crippen LogP contribution in [0.2, 0.25) is 0 Å². The van der Waals surface area contributed by atoms with Crippen LogP contribution in [0.4, 0.5) is 0 Å². The Morgan fingerprint density at radius 2 is 1.92 bits per heavy atom. The topological polar surface area (TPSA) is 20.3 Å². The van der Waals surface area contributed by atoms with Gasteiger partial charge in [-0.15, -0.1) is 0 Å². The van der Waals surface area contributed by atoms with Crippen LogP contribution in [-0.4, -0.2) is 29.8 Å². The molecule has 13 heavy (non-hydrogen) atoms. The second-order valence-corrected chi connectivity index (χ2v) is 4.27. The van der Waals surface area contributed by atoms with Crippen molar-refractivity contribution in [2.24, 2.45) is 0 Å². The van der Waals surface area contributed by atoms with Gasteiger partial charge in [0.05, 0.1) is 0 Å². The van der Waals surface area contributed by atoms with E-state index in [2.05, 4.69) is 32.7 Å². The van der Waals surface area contributed by atoms with E-state index >= 15 is 0 Å². The molecule has 76 valence electrons. The van der Waals surface area contributed by atoms with Crippen molar-refractivity contribution in [3.63, 3.8) is 0 Å². The highest BCUT2D eigenvalue weighted by atomic mass is 16.1. The van der Waals surface area contributed by atoms with E-state index in [0.29, 0.717) is 6.42 Å². The first kappa shape index (κ1) is 12.4. The lowest BCUT2D eigenvalue weighted by atomic mass is 10.1. The number of carbonyl (C=O) groups is 1. The Hall–Kier alpha value is -0.630. The fourth-order valence-electron chi connectivity index (χ4n) is 0.734. The summed E-state index contributed by atoms with van der Waals surface area (Å²) in [5, 5.41) is 0. The number of allylic oxidation sites excluding steroid dienone is 1. The van der Waals surface area contributed by atoms with Crippen molar-refractivity contribution in [2.45, 2.75) is 39.7 Å². The van der Waals surface area contributed by atoms with Crippen LogP contribution in [0.3, 0.4) is 0 Å². The van der Waals surface area contributed by atoms with Crippen LogP contribution < -0.4 is 0 Å². The zero-order valence-corrected chi connectivity index (χ0v) is 9.42. The summed E-state index contributed by atoms with van der Waals surface area (Å²) in [5.74, 6) is 0.197. The zero-order chi connectivity index (χ0) is 10.5. The summed E-state index contributed by atoms with van der Waals surface area (Å²) in [7, 11) is 2.06. The van der Waals surface area contributed by atoms with Crippen molar-refractivity contribution in [2.75, 3.05) is 13.6 Å². The van der Waals surface area contributed by atoms with Gasteiger partial charge in [0.1, 0.15) is 0 Å². The Bertz CT molecular complexity index is 189. The monoisotopic (exact) mass is 183 g/mol. The van der Waals surface area contributed by atoms with Gasteiger partial charge >= 0.3 is 0 Å². The molecular weight excluding hydrogens is 162 g/mol. The molecule has 0 heterocycles. The van der Waals surface area contributed by atoms with Crippen molar-refractivity contribution in [1.82, 2.24) is 4.90 Å². The molecule has 0 saturated heterocycles. The molecule has 0 N–H and O–H groups in total. The van der Waals surface area contributed by atoms with Crippen LogP contribution in [0.15, 0.2) is 12.2 Å². The third-order valence-electron chi connectivity index (χ3n) is 2.18. The minimum Gasteiger partial charge on any atom is -0.298 e. The standard InChI is InChI=1S/C11H21NO/c1-6-10(13)8-7-9-12(5)11(2,3)4/h7-8H,6,9H2,1-5H3/b8-7+. The molecule has 0 saturated carbocycles. The fourth-order valence-corrected chi connectivity index (χ4v) is 0.734. The third kappa shape index (κ3) is 5.58. The van der Waals surface area contributed by atoms with Crippen molar-refractivity contribution < 1.29 is 4.79 Å². The molecule has 2 nitrogen and oxygen atoms in total. The molecule has 0 amide bonds. The highest BCUT2D eigenvalue weighted by Crippen LogP contribution is 2.09. The minimum atomic E-state index is 0.166. The van der Waals surface area contributed by atoms with E-state index in [1.165, 1.54) is 0 Å². The van der Waals surface area contributed by atoms with Crippen LogP contribution in [-0.2, 0) is 4.79 Å². The van der Waals surface area contributed by atoms with E-state index in [4.69, 9.17) is 0 Å². The molecule has 0 aliphatic carbocycles. The largest absolute Gasteiger partial charge is 0.298 e. The quantitative estimate of drug-likeness (QED) is 0.623.